The smallest absolute Gasteiger partial charge is 0.242 e. The molecule has 146 valence electrons. The summed E-state index contributed by atoms with van der Waals surface area (Å²) in [6.45, 7) is 1.45. The van der Waals surface area contributed by atoms with Crippen LogP contribution in [0.15, 0.2) is 47.4 Å². The van der Waals surface area contributed by atoms with Gasteiger partial charge < -0.3 is 19.5 Å². The van der Waals surface area contributed by atoms with Crippen LogP contribution in [-0.4, -0.2) is 41.7 Å². The molecule has 0 aliphatic carbocycles. The average Bonchev–Trinajstić information content (AvgIpc) is 2.67. The summed E-state index contributed by atoms with van der Waals surface area (Å²) in [5.41, 5.74) is 0.402. The first-order valence-corrected chi connectivity index (χ1v) is 9.48. The van der Waals surface area contributed by atoms with Crippen molar-refractivity contribution >= 4 is 21.6 Å². The van der Waals surface area contributed by atoms with Crippen LogP contribution >= 0.6 is 0 Å². The Bertz CT molecular complexity index is 897. The van der Waals surface area contributed by atoms with Gasteiger partial charge in [-0.25, -0.2) is 8.42 Å². The highest BCUT2D eigenvalue weighted by atomic mass is 32.2. The van der Waals surface area contributed by atoms with Gasteiger partial charge in [0, 0.05) is 6.07 Å². The molecule has 2 aromatic rings. The van der Waals surface area contributed by atoms with E-state index in [1.807, 2.05) is 0 Å². The maximum Gasteiger partial charge on any atom is 0.242 e. The molecule has 0 fully saturated rings. The first kappa shape index (κ1) is 20.5. The van der Waals surface area contributed by atoms with Crippen LogP contribution in [0.3, 0.4) is 0 Å². The normalized spacial score (nSPS) is 12.1. The number of benzene rings is 2. The Kier molecular flexibility index (Phi) is 6.65. The first-order chi connectivity index (χ1) is 12.8. The van der Waals surface area contributed by atoms with Gasteiger partial charge in [0.15, 0.2) is 0 Å². The van der Waals surface area contributed by atoms with E-state index in [0.29, 0.717) is 22.9 Å². The molecule has 0 saturated heterocycles. The molecule has 0 heterocycles. The van der Waals surface area contributed by atoms with Crippen LogP contribution in [0.1, 0.15) is 6.92 Å². The Balaban J connectivity index is 2.10. The predicted molar refractivity (Wildman–Crippen MR) is 101 cm³/mol. The van der Waals surface area contributed by atoms with Crippen molar-refractivity contribution in [3.05, 3.63) is 42.5 Å². The molecule has 2 rings (SSSR count). The van der Waals surface area contributed by atoms with Crippen molar-refractivity contribution in [1.29, 1.82) is 0 Å². The molecule has 2 aromatic carbocycles. The van der Waals surface area contributed by atoms with E-state index in [0.717, 1.165) is 0 Å². The molecule has 0 aliphatic heterocycles. The number of anilines is 1. The zero-order chi connectivity index (χ0) is 20.0. The van der Waals surface area contributed by atoms with Gasteiger partial charge in [-0.15, -0.1) is 0 Å². The molecular formula is C18H22N2O6S. The van der Waals surface area contributed by atoms with Gasteiger partial charge >= 0.3 is 0 Å². The van der Waals surface area contributed by atoms with Crippen LogP contribution < -0.4 is 24.2 Å². The molecule has 1 atom stereocenters. The largest absolute Gasteiger partial charge is 0.497 e. The number of carbonyl (C=O) groups excluding carboxylic acids is 1. The number of hydrogen-bond donors (Lipinski definition) is 2. The molecule has 0 saturated carbocycles. The first-order valence-electron chi connectivity index (χ1n) is 8.00. The van der Waals surface area contributed by atoms with E-state index < -0.39 is 22.0 Å². The van der Waals surface area contributed by atoms with Crippen molar-refractivity contribution in [1.82, 2.24) is 4.72 Å². The minimum absolute atomic E-state index is 0.0324. The monoisotopic (exact) mass is 394 g/mol. The zero-order valence-electron chi connectivity index (χ0n) is 15.5. The average molecular weight is 394 g/mol. The summed E-state index contributed by atoms with van der Waals surface area (Å²) in [5.74, 6) is 0.966. The van der Waals surface area contributed by atoms with Crippen LogP contribution in [0.25, 0.3) is 0 Å². The fourth-order valence-electron chi connectivity index (χ4n) is 2.25. The summed E-state index contributed by atoms with van der Waals surface area (Å²) in [6.07, 6.45) is 0. The van der Waals surface area contributed by atoms with Gasteiger partial charge in [0.05, 0.1) is 38.0 Å². The van der Waals surface area contributed by atoms with E-state index in [4.69, 9.17) is 14.2 Å². The van der Waals surface area contributed by atoms with E-state index in [2.05, 4.69) is 10.0 Å². The van der Waals surface area contributed by atoms with Gasteiger partial charge in [-0.3, -0.25) is 4.79 Å². The Morgan fingerprint density at radius 2 is 1.52 bits per heavy atom. The van der Waals surface area contributed by atoms with E-state index in [9.17, 15) is 13.2 Å². The number of nitrogens with one attached hydrogen (secondary N) is 2. The highest BCUT2D eigenvalue weighted by molar-refractivity contribution is 7.89. The molecule has 0 bridgehead atoms. The van der Waals surface area contributed by atoms with Crippen LogP contribution in [0.5, 0.6) is 17.2 Å². The Labute approximate surface area is 158 Å². The van der Waals surface area contributed by atoms with Gasteiger partial charge in [0.2, 0.25) is 15.9 Å². The van der Waals surface area contributed by atoms with Gasteiger partial charge in [-0.1, -0.05) is 0 Å². The van der Waals surface area contributed by atoms with Crippen molar-refractivity contribution < 1.29 is 27.4 Å². The molecule has 8 nitrogen and oxygen atoms in total. The molecule has 27 heavy (non-hydrogen) atoms. The summed E-state index contributed by atoms with van der Waals surface area (Å²) in [5, 5.41) is 2.64. The summed E-state index contributed by atoms with van der Waals surface area (Å²) in [6, 6.07) is 9.73. The predicted octanol–water partition coefficient (Wildman–Crippen LogP) is 2.02. The third kappa shape index (κ3) is 5.11. The van der Waals surface area contributed by atoms with Crippen LogP contribution in [0.4, 0.5) is 5.69 Å². The van der Waals surface area contributed by atoms with Crippen molar-refractivity contribution in [2.75, 3.05) is 26.6 Å². The van der Waals surface area contributed by atoms with Crippen LogP contribution in [0, 0.1) is 0 Å². The summed E-state index contributed by atoms with van der Waals surface area (Å²) in [4.78, 5) is 12.4. The molecule has 0 unspecified atom stereocenters. The number of carbonyl (C=O) groups is 1. The SMILES string of the molecule is COc1ccc(S(=O)(=O)N[C@@H](C)C(=O)Nc2ccc(OC)cc2OC)cc1. The molecule has 0 spiro atoms. The van der Waals surface area contributed by atoms with Crippen molar-refractivity contribution in [3.63, 3.8) is 0 Å². The number of methoxy groups -OCH3 is 3. The number of rotatable bonds is 8. The maximum absolute atomic E-state index is 12.4. The fraction of sp³-hybridized carbons (Fsp3) is 0.278. The highest BCUT2D eigenvalue weighted by Gasteiger charge is 2.23. The molecule has 9 heteroatoms. The lowest BCUT2D eigenvalue weighted by atomic mass is 10.2. The van der Waals surface area contributed by atoms with Crippen LogP contribution in [0.2, 0.25) is 0 Å². The lowest BCUT2D eigenvalue weighted by Crippen LogP contribution is -2.41. The second kappa shape index (κ2) is 8.74. The minimum atomic E-state index is -3.87. The lowest BCUT2D eigenvalue weighted by Gasteiger charge is -2.16. The third-order valence-electron chi connectivity index (χ3n) is 3.76. The quantitative estimate of drug-likeness (QED) is 0.710. The summed E-state index contributed by atoms with van der Waals surface area (Å²) in [7, 11) is 0.597. The van der Waals surface area contributed by atoms with Gasteiger partial charge in [-0.2, -0.15) is 4.72 Å². The second-order valence-electron chi connectivity index (χ2n) is 5.57. The van der Waals surface area contributed by atoms with E-state index >= 15 is 0 Å². The number of ether oxygens (including phenoxy) is 3. The topological polar surface area (TPSA) is 103 Å². The lowest BCUT2D eigenvalue weighted by molar-refractivity contribution is -0.117. The van der Waals surface area contributed by atoms with Gasteiger partial charge in [0.25, 0.3) is 0 Å². The second-order valence-corrected chi connectivity index (χ2v) is 7.29. The number of hydrogen-bond acceptors (Lipinski definition) is 6. The van der Waals surface area contributed by atoms with E-state index in [-0.39, 0.29) is 4.90 Å². The van der Waals surface area contributed by atoms with E-state index in [1.54, 1.807) is 18.2 Å². The maximum atomic E-state index is 12.4. The Morgan fingerprint density at radius 3 is 2.07 bits per heavy atom. The fourth-order valence-corrected chi connectivity index (χ4v) is 3.45. The number of amides is 1. The Morgan fingerprint density at radius 1 is 0.926 bits per heavy atom. The van der Waals surface area contributed by atoms with Crippen LogP contribution in [-0.2, 0) is 14.8 Å². The van der Waals surface area contributed by atoms with Gasteiger partial charge in [-0.05, 0) is 43.3 Å². The third-order valence-corrected chi connectivity index (χ3v) is 5.32. The van der Waals surface area contributed by atoms with E-state index in [1.165, 1.54) is 52.5 Å². The summed E-state index contributed by atoms with van der Waals surface area (Å²) >= 11 is 0. The van der Waals surface area contributed by atoms with Crippen molar-refractivity contribution in [3.8, 4) is 17.2 Å². The molecule has 2 N–H and O–H groups in total. The van der Waals surface area contributed by atoms with Gasteiger partial charge in [0.1, 0.15) is 17.2 Å². The Hall–Kier alpha value is -2.78. The molecule has 1 amide bonds. The molecular weight excluding hydrogens is 372 g/mol. The molecule has 0 aliphatic rings. The summed E-state index contributed by atoms with van der Waals surface area (Å²) < 4.78 is 42.5. The standard InChI is InChI=1S/C18H22N2O6S/c1-12(20-27(22,23)15-8-5-13(24-2)6-9-15)18(21)19-16-10-7-14(25-3)11-17(16)26-4/h5-12,20H,1-4H3,(H,19,21)/t12-/m0/s1. The number of sulfonamides is 1. The zero-order valence-corrected chi connectivity index (χ0v) is 16.3. The highest BCUT2D eigenvalue weighted by Crippen LogP contribution is 2.29. The molecule has 0 aromatic heterocycles. The molecule has 0 radical (unpaired) electrons. The van der Waals surface area contributed by atoms with Crippen molar-refractivity contribution in [2.24, 2.45) is 0 Å². The van der Waals surface area contributed by atoms with Crippen molar-refractivity contribution in [2.45, 2.75) is 17.9 Å². The minimum Gasteiger partial charge on any atom is -0.497 e.